The third kappa shape index (κ3) is 5.40. The molecule has 7 heteroatoms. The fourth-order valence-corrected chi connectivity index (χ4v) is 2.12. The molecule has 2 amide bonds. The van der Waals surface area contributed by atoms with E-state index in [1.165, 1.54) is 0 Å². The summed E-state index contributed by atoms with van der Waals surface area (Å²) in [7, 11) is 0. The van der Waals surface area contributed by atoms with Crippen LogP contribution in [-0.4, -0.2) is 29.9 Å². The van der Waals surface area contributed by atoms with E-state index in [0.29, 0.717) is 17.7 Å². The average Bonchev–Trinajstić information content (AvgIpc) is 2.35. The van der Waals surface area contributed by atoms with Crippen molar-refractivity contribution in [2.45, 2.75) is 19.4 Å². The van der Waals surface area contributed by atoms with Gasteiger partial charge in [-0.3, -0.25) is 9.59 Å². The molecule has 20 heavy (non-hydrogen) atoms. The number of nitrogens with two attached hydrogens (primary N) is 2. The smallest absolute Gasteiger partial charge is 0.248 e. The lowest BCUT2D eigenvalue weighted by Gasteiger charge is -2.12. The molecule has 0 bridgehead atoms. The van der Waals surface area contributed by atoms with Gasteiger partial charge in [0.25, 0.3) is 0 Å². The van der Waals surface area contributed by atoms with Crippen LogP contribution >= 0.6 is 24.2 Å². The molecule has 1 aromatic rings. The quantitative estimate of drug-likeness (QED) is 0.741. The van der Waals surface area contributed by atoms with Gasteiger partial charge in [-0.15, -0.1) is 12.4 Å². The number of aryl methyl sites for hydroxylation is 1. The Labute approximate surface area is 129 Å². The lowest BCUT2D eigenvalue weighted by molar-refractivity contribution is -0.117. The van der Waals surface area contributed by atoms with E-state index in [1.807, 2.05) is 6.26 Å². The van der Waals surface area contributed by atoms with E-state index in [1.54, 1.807) is 36.9 Å². The number of benzene rings is 1. The van der Waals surface area contributed by atoms with Crippen LogP contribution in [0, 0.1) is 6.92 Å². The average molecular weight is 318 g/mol. The zero-order valence-corrected chi connectivity index (χ0v) is 13.1. The summed E-state index contributed by atoms with van der Waals surface area (Å²) in [4.78, 5) is 22.9. The normalized spacial score (nSPS) is 11.3. The molecule has 0 heterocycles. The molecule has 0 aromatic heterocycles. The van der Waals surface area contributed by atoms with Gasteiger partial charge in [-0.2, -0.15) is 11.8 Å². The molecule has 1 atom stereocenters. The number of amides is 2. The van der Waals surface area contributed by atoms with Gasteiger partial charge in [0.1, 0.15) is 0 Å². The summed E-state index contributed by atoms with van der Waals surface area (Å²) in [5, 5.41) is 2.73. The van der Waals surface area contributed by atoms with Crippen molar-refractivity contribution >= 4 is 41.7 Å². The number of rotatable bonds is 6. The first kappa shape index (κ1) is 18.8. The molecule has 0 unspecified atom stereocenters. The van der Waals surface area contributed by atoms with Gasteiger partial charge in [0.05, 0.1) is 6.04 Å². The topological polar surface area (TPSA) is 98.2 Å². The number of anilines is 1. The number of primary amides is 1. The van der Waals surface area contributed by atoms with Crippen LogP contribution in [0.2, 0.25) is 0 Å². The van der Waals surface area contributed by atoms with Gasteiger partial charge < -0.3 is 16.8 Å². The first-order valence-corrected chi connectivity index (χ1v) is 7.31. The third-order valence-electron chi connectivity index (χ3n) is 2.73. The molecule has 1 rings (SSSR count). The largest absolute Gasteiger partial charge is 0.366 e. The Morgan fingerprint density at radius 2 is 2.05 bits per heavy atom. The molecule has 0 radical (unpaired) electrons. The highest BCUT2D eigenvalue weighted by molar-refractivity contribution is 7.98. The molecule has 0 saturated heterocycles. The predicted molar refractivity (Wildman–Crippen MR) is 86.5 cm³/mol. The summed E-state index contributed by atoms with van der Waals surface area (Å²) >= 11 is 1.65. The predicted octanol–water partition coefficient (Wildman–Crippen LogP) is 1.53. The molecule has 0 fully saturated rings. The Hall–Kier alpha value is -1.24. The van der Waals surface area contributed by atoms with E-state index in [4.69, 9.17) is 11.5 Å². The van der Waals surface area contributed by atoms with Crippen LogP contribution in [0.4, 0.5) is 5.69 Å². The Balaban J connectivity index is 0.00000361. The minimum Gasteiger partial charge on any atom is -0.366 e. The maximum absolute atomic E-state index is 11.8. The zero-order chi connectivity index (χ0) is 14.4. The second-order valence-corrected chi connectivity index (χ2v) is 5.26. The van der Waals surface area contributed by atoms with Crippen molar-refractivity contribution in [3.05, 3.63) is 29.3 Å². The molecular weight excluding hydrogens is 298 g/mol. The van der Waals surface area contributed by atoms with Crippen LogP contribution in [0.5, 0.6) is 0 Å². The Kier molecular flexibility index (Phi) is 8.29. The van der Waals surface area contributed by atoms with Crippen molar-refractivity contribution in [2.75, 3.05) is 17.3 Å². The monoisotopic (exact) mass is 317 g/mol. The number of hydrogen-bond donors (Lipinski definition) is 3. The van der Waals surface area contributed by atoms with Gasteiger partial charge in [-0.05, 0) is 49.1 Å². The number of halogens is 1. The number of thioether (sulfide) groups is 1. The van der Waals surface area contributed by atoms with Crippen LogP contribution in [0.25, 0.3) is 0 Å². The molecule has 5 nitrogen and oxygen atoms in total. The maximum atomic E-state index is 11.8. The Bertz CT molecular complexity index is 483. The van der Waals surface area contributed by atoms with Crippen molar-refractivity contribution in [3.8, 4) is 0 Å². The minimum absolute atomic E-state index is 0. The molecule has 112 valence electrons. The molecule has 5 N–H and O–H groups in total. The number of carbonyl (C=O) groups excluding carboxylic acids is 2. The lowest BCUT2D eigenvalue weighted by atomic mass is 10.1. The fraction of sp³-hybridized carbons (Fsp3) is 0.385. The summed E-state index contributed by atoms with van der Waals surface area (Å²) in [6.07, 6.45) is 2.60. The van der Waals surface area contributed by atoms with Gasteiger partial charge in [-0.25, -0.2) is 0 Å². The number of nitrogens with one attached hydrogen (secondary N) is 1. The van der Waals surface area contributed by atoms with E-state index < -0.39 is 11.9 Å². The van der Waals surface area contributed by atoms with Crippen molar-refractivity contribution in [2.24, 2.45) is 11.5 Å². The van der Waals surface area contributed by atoms with E-state index >= 15 is 0 Å². The van der Waals surface area contributed by atoms with E-state index in [-0.39, 0.29) is 18.3 Å². The molecular formula is C13H20ClN3O2S. The summed E-state index contributed by atoms with van der Waals surface area (Å²) in [5.74, 6) is 0.140. The van der Waals surface area contributed by atoms with Crippen LogP contribution in [0.15, 0.2) is 18.2 Å². The highest BCUT2D eigenvalue weighted by Gasteiger charge is 2.13. The Morgan fingerprint density at radius 3 is 2.55 bits per heavy atom. The number of carbonyl (C=O) groups is 2. The van der Waals surface area contributed by atoms with E-state index in [9.17, 15) is 9.59 Å². The van der Waals surface area contributed by atoms with E-state index in [2.05, 4.69) is 5.32 Å². The van der Waals surface area contributed by atoms with Gasteiger partial charge in [0.2, 0.25) is 11.8 Å². The summed E-state index contributed by atoms with van der Waals surface area (Å²) in [6.45, 7) is 1.77. The Morgan fingerprint density at radius 1 is 1.40 bits per heavy atom. The van der Waals surface area contributed by atoms with Crippen LogP contribution in [-0.2, 0) is 4.79 Å². The first-order chi connectivity index (χ1) is 8.95. The first-order valence-electron chi connectivity index (χ1n) is 5.91. The van der Waals surface area contributed by atoms with Gasteiger partial charge >= 0.3 is 0 Å². The second-order valence-electron chi connectivity index (χ2n) is 4.27. The lowest BCUT2D eigenvalue weighted by Crippen LogP contribution is -2.36. The molecule has 0 aliphatic rings. The zero-order valence-electron chi connectivity index (χ0n) is 11.5. The fourth-order valence-electron chi connectivity index (χ4n) is 1.63. The van der Waals surface area contributed by atoms with Crippen molar-refractivity contribution in [1.29, 1.82) is 0 Å². The van der Waals surface area contributed by atoms with Gasteiger partial charge in [-0.1, -0.05) is 0 Å². The third-order valence-corrected chi connectivity index (χ3v) is 3.37. The highest BCUT2D eigenvalue weighted by Crippen LogP contribution is 2.15. The summed E-state index contributed by atoms with van der Waals surface area (Å²) in [5.41, 5.74) is 12.8. The van der Waals surface area contributed by atoms with Crippen molar-refractivity contribution in [1.82, 2.24) is 0 Å². The highest BCUT2D eigenvalue weighted by atomic mass is 35.5. The maximum Gasteiger partial charge on any atom is 0.248 e. The molecule has 0 saturated carbocycles. The minimum atomic E-state index is -0.524. The van der Waals surface area contributed by atoms with Crippen LogP contribution < -0.4 is 16.8 Å². The molecule has 0 aliphatic carbocycles. The van der Waals surface area contributed by atoms with Crippen LogP contribution in [0.3, 0.4) is 0 Å². The standard InChI is InChI=1S/C13H19N3O2S.ClH/c1-8-7-9(3-4-10(8)12(15)17)16-13(18)11(14)5-6-19-2;/h3-4,7,11H,5-6,14H2,1-2H3,(H2,15,17)(H,16,18);1H/t11-;/m0./s1. The molecule has 0 spiro atoms. The molecule has 1 aromatic carbocycles. The second kappa shape index (κ2) is 8.84. The SMILES string of the molecule is CSCC[C@H](N)C(=O)Nc1ccc(C(N)=O)c(C)c1.Cl. The van der Waals surface area contributed by atoms with Gasteiger partial charge in [0.15, 0.2) is 0 Å². The van der Waals surface area contributed by atoms with Crippen molar-refractivity contribution in [3.63, 3.8) is 0 Å². The van der Waals surface area contributed by atoms with Crippen LogP contribution in [0.1, 0.15) is 22.3 Å². The van der Waals surface area contributed by atoms with E-state index in [0.717, 1.165) is 11.3 Å². The summed E-state index contributed by atoms with van der Waals surface area (Å²) in [6, 6.07) is 4.43. The number of hydrogen-bond acceptors (Lipinski definition) is 4. The molecule has 0 aliphatic heterocycles. The van der Waals surface area contributed by atoms with Gasteiger partial charge in [0, 0.05) is 11.3 Å². The van der Waals surface area contributed by atoms with Crippen molar-refractivity contribution < 1.29 is 9.59 Å². The summed E-state index contributed by atoms with van der Waals surface area (Å²) < 4.78 is 0.